The third-order valence-electron chi connectivity index (χ3n) is 2.70. The van der Waals surface area contributed by atoms with Gasteiger partial charge in [0.05, 0.1) is 4.88 Å². The van der Waals surface area contributed by atoms with Crippen molar-refractivity contribution < 1.29 is 4.74 Å². The van der Waals surface area contributed by atoms with Gasteiger partial charge >= 0.3 is 0 Å². The molecule has 0 aliphatic rings. The lowest BCUT2D eigenvalue weighted by atomic mass is 10.2. The lowest BCUT2D eigenvalue weighted by Gasteiger charge is -2.02. The average Bonchev–Trinajstić information content (AvgIpc) is 2.96. The Morgan fingerprint density at radius 2 is 1.58 bits per heavy atom. The van der Waals surface area contributed by atoms with Crippen molar-refractivity contribution in [2.75, 3.05) is 0 Å². The highest BCUT2D eigenvalue weighted by Gasteiger charge is 2.04. The second kappa shape index (κ2) is 5.67. The van der Waals surface area contributed by atoms with Gasteiger partial charge in [-0.15, -0.1) is 11.3 Å². The van der Waals surface area contributed by atoms with Gasteiger partial charge in [-0.1, -0.05) is 48.5 Å². The van der Waals surface area contributed by atoms with Crippen LogP contribution in [0.3, 0.4) is 0 Å². The Morgan fingerprint density at radius 1 is 0.895 bits per heavy atom. The van der Waals surface area contributed by atoms with E-state index in [0.29, 0.717) is 6.61 Å². The van der Waals surface area contributed by atoms with Gasteiger partial charge < -0.3 is 4.74 Å². The van der Waals surface area contributed by atoms with Crippen LogP contribution in [-0.4, -0.2) is 4.98 Å². The summed E-state index contributed by atoms with van der Waals surface area (Å²) in [7, 11) is 0. The van der Waals surface area contributed by atoms with Crippen LogP contribution >= 0.6 is 11.3 Å². The standard InChI is InChI=1S/C16H13NOS/c1-3-7-13(8-4-1)16-17-11-15(19-16)12-18-14-9-5-2-6-10-14/h1-11H,12H2. The molecule has 0 atom stereocenters. The second-order valence-electron chi connectivity index (χ2n) is 4.10. The first-order chi connectivity index (χ1) is 9.42. The molecule has 1 heterocycles. The summed E-state index contributed by atoms with van der Waals surface area (Å²) in [6, 6.07) is 20.0. The van der Waals surface area contributed by atoms with Gasteiger partial charge in [0.15, 0.2) is 0 Å². The number of hydrogen-bond acceptors (Lipinski definition) is 3. The molecule has 3 rings (SSSR count). The van der Waals surface area contributed by atoms with E-state index in [1.54, 1.807) is 11.3 Å². The SMILES string of the molecule is c1ccc(OCc2cnc(-c3ccccc3)s2)cc1. The maximum atomic E-state index is 5.71. The van der Waals surface area contributed by atoms with Crippen LogP contribution < -0.4 is 4.74 Å². The van der Waals surface area contributed by atoms with Crippen molar-refractivity contribution in [1.82, 2.24) is 4.98 Å². The smallest absolute Gasteiger partial charge is 0.124 e. The summed E-state index contributed by atoms with van der Waals surface area (Å²) in [6.45, 7) is 0.564. The van der Waals surface area contributed by atoms with Crippen molar-refractivity contribution in [3.8, 4) is 16.3 Å². The molecule has 0 saturated carbocycles. The summed E-state index contributed by atoms with van der Waals surface area (Å²) in [5.74, 6) is 0.886. The lowest BCUT2D eigenvalue weighted by Crippen LogP contribution is -1.91. The van der Waals surface area contributed by atoms with E-state index in [4.69, 9.17) is 4.74 Å². The van der Waals surface area contributed by atoms with Crippen molar-refractivity contribution in [3.05, 3.63) is 71.7 Å². The van der Waals surface area contributed by atoms with Crippen molar-refractivity contribution >= 4 is 11.3 Å². The fourth-order valence-corrected chi connectivity index (χ4v) is 2.59. The van der Waals surface area contributed by atoms with Gasteiger partial charge in [-0.2, -0.15) is 0 Å². The molecule has 2 nitrogen and oxygen atoms in total. The molecule has 0 aliphatic carbocycles. The molecule has 3 aromatic rings. The largest absolute Gasteiger partial charge is 0.488 e. The number of nitrogens with zero attached hydrogens (tertiary/aromatic N) is 1. The minimum absolute atomic E-state index is 0.564. The van der Waals surface area contributed by atoms with Gasteiger partial charge in [-0.25, -0.2) is 4.98 Å². The fraction of sp³-hybridized carbons (Fsp3) is 0.0625. The van der Waals surface area contributed by atoms with Crippen molar-refractivity contribution in [2.24, 2.45) is 0 Å². The number of ether oxygens (including phenoxy) is 1. The van der Waals surface area contributed by atoms with Crippen LogP contribution in [0.1, 0.15) is 4.88 Å². The van der Waals surface area contributed by atoms with Crippen molar-refractivity contribution in [3.63, 3.8) is 0 Å². The maximum absolute atomic E-state index is 5.71. The van der Waals surface area contributed by atoms with E-state index >= 15 is 0 Å². The third-order valence-corrected chi connectivity index (χ3v) is 3.72. The molecule has 94 valence electrons. The lowest BCUT2D eigenvalue weighted by molar-refractivity contribution is 0.309. The first-order valence-electron chi connectivity index (χ1n) is 6.10. The van der Waals surface area contributed by atoms with Gasteiger partial charge in [-0.05, 0) is 12.1 Å². The summed E-state index contributed by atoms with van der Waals surface area (Å²) >= 11 is 1.67. The van der Waals surface area contributed by atoms with E-state index < -0.39 is 0 Å². The minimum Gasteiger partial charge on any atom is -0.488 e. The van der Waals surface area contributed by atoms with Crippen LogP contribution in [0.2, 0.25) is 0 Å². The van der Waals surface area contributed by atoms with Gasteiger partial charge in [-0.3, -0.25) is 0 Å². The Kier molecular flexibility index (Phi) is 3.56. The quantitative estimate of drug-likeness (QED) is 0.699. The highest BCUT2D eigenvalue weighted by molar-refractivity contribution is 7.15. The summed E-state index contributed by atoms with van der Waals surface area (Å²) in [5.41, 5.74) is 1.15. The minimum atomic E-state index is 0.564. The van der Waals surface area contributed by atoms with Crippen LogP contribution in [0.4, 0.5) is 0 Å². The van der Waals surface area contributed by atoms with Crippen molar-refractivity contribution in [1.29, 1.82) is 0 Å². The second-order valence-corrected chi connectivity index (χ2v) is 5.21. The predicted octanol–water partition coefficient (Wildman–Crippen LogP) is 4.39. The van der Waals surface area contributed by atoms with Crippen molar-refractivity contribution in [2.45, 2.75) is 6.61 Å². The van der Waals surface area contributed by atoms with E-state index in [1.807, 2.05) is 54.7 Å². The van der Waals surface area contributed by atoms with Crippen LogP contribution in [0.15, 0.2) is 66.9 Å². The normalized spacial score (nSPS) is 10.3. The number of hydrogen-bond donors (Lipinski definition) is 0. The topological polar surface area (TPSA) is 22.1 Å². The molecule has 0 unspecified atom stereocenters. The van der Waals surface area contributed by atoms with E-state index in [9.17, 15) is 0 Å². The average molecular weight is 267 g/mol. The molecule has 19 heavy (non-hydrogen) atoms. The molecule has 0 N–H and O–H groups in total. The van der Waals surface area contributed by atoms with Crippen LogP contribution in [0.25, 0.3) is 10.6 Å². The van der Waals surface area contributed by atoms with E-state index in [-0.39, 0.29) is 0 Å². The highest BCUT2D eigenvalue weighted by Crippen LogP contribution is 2.25. The zero-order valence-electron chi connectivity index (χ0n) is 10.3. The first-order valence-corrected chi connectivity index (χ1v) is 6.91. The summed E-state index contributed by atoms with van der Waals surface area (Å²) < 4.78 is 5.71. The molecule has 3 heteroatoms. The first kappa shape index (κ1) is 11.9. The summed E-state index contributed by atoms with van der Waals surface area (Å²) in [6.07, 6.45) is 1.88. The zero-order chi connectivity index (χ0) is 12.9. The number of thiazole rings is 1. The van der Waals surface area contributed by atoms with Crippen LogP contribution in [0.5, 0.6) is 5.75 Å². The molecule has 0 bridgehead atoms. The molecule has 1 aromatic heterocycles. The molecular weight excluding hydrogens is 254 g/mol. The Bertz CT molecular complexity index is 634. The van der Waals surface area contributed by atoms with E-state index in [2.05, 4.69) is 17.1 Å². The van der Waals surface area contributed by atoms with Gasteiger partial charge in [0.25, 0.3) is 0 Å². The maximum Gasteiger partial charge on any atom is 0.124 e. The van der Waals surface area contributed by atoms with Crippen LogP contribution in [0, 0.1) is 0 Å². The van der Waals surface area contributed by atoms with Gasteiger partial charge in [0.2, 0.25) is 0 Å². The Morgan fingerprint density at radius 3 is 2.32 bits per heavy atom. The predicted molar refractivity (Wildman–Crippen MR) is 78.3 cm³/mol. The fourth-order valence-electron chi connectivity index (χ4n) is 1.76. The number of aromatic nitrogens is 1. The summed E-state index contributed by atoms with van der Waals surface area (Å²) in [4.78, 5) is 5.56. The molecule has 0 radical (unpaired) electrons. The Hall–Kier alpha value is -2.13. The van der Waals surface area contributed by atoms with E-state index in [0.717, 1.165) is 21.2 Å². The van der Waals surface area contributed by atoms with E-state index in [1.165, 1.54) is 0 Å². The molecule has 0 spiro atoms. The molecule has 0 aliphatic heterocycles. The third kappa shape index (κ3) is 3.01. The van der Waals surface area contributed by atoms with Crippen LogP contribution in [-0.2, 0) is 6.61 Å². The molecular formula is C16H13NOS. The highest BCUT2D eigenvalue weighted by atomic mass is 32.1. The summed E-state index contributed by atoms with van der Waals surface area (Å²) in [5, 5.41) is 1.03. The molecule has 0 saturated heterocycles. The zero-order valence-corrected chi connectivity index (χ0v) is 11.1. The van der Waals surface area contributed by atoms with Gasteiger partial charge in [0, 0.05) is 11.8 Å². The Balaban J connectivity index is 1.69. The molecule has 0 fully saturated rings. The Labute approximate surface area is 116 Å². The number of rotatable bonds is 4. The number of benzene rings is 2. The van der Waals surface area contributed by atoms with Gasteiger partial charge in [0.1, 0.15) is 17.4 Å². The number of para-hydroxylation sites is 1. The molecule has 2 aromatic carbocycles. The molecule has 0 amide bonds. The monoisotopic (exact) mass is 267 g/mol.